The van der Waals surface area contributed by atoms with E-state index >= 15 is 0 Å². The van der Waals surface area contributed by atoms with Crippen molar-refractivity contribution in [2.24, 2.45) is 0 Å². The molecular weight excluding hydrogens is 164 g/mol. The molecule has 0 atom stereocenters. The van der Waals surface area contributed by atoms with E-state index in [1.54, 1.807) is 0 Å². The van der Waals surface area contributed by atoms with Crippen molar-refractivity contribution in [2.45, 2.75) is 25.7 Å². The third kappa shape index (κ3) is 5.24. The van der Waals surface area contributed by atoms with E-state index < -0.39 is 0 Å². The van der Waals surface area contributed by atoms with Crippen LogP contribution in [0.1, 0.15) is 25.7 Å². The maximum absolute atomic E-state index is 8.54. The maximum atomic E-state index is 8.54. The van der Waals surface area contributed by atoms with Gasteiger partial charge in [0.2, 0.25) is 0 Å². The predicted molar refractivity (Wildman–Crippen MR) is 54.9 cm³/mol. The van der Waals surface area contributed by atoms with Crippen LogP contribution in [0.5, 0.6) is 0 Å². The number of hydrogen-bond donors (Lipinski definition) is 2. The van der Waals surface area contributed by atoms with E-state index in [2.05, 4.69) is 10.2 Å². The van der Waals surface area contributed by atoms with Gasteiger partial charge in [0.15, 0.2) is 0 Å². The Hall–Kier alpha value is -0.120. The molecule has 0 aliphatic carbocycles. The fraction of sp³-hybridized carbons (Fsp3) is 1.00. The molecule has 1 heterocycles. The molecule has 0 spiro atoms. The van der Waals surface area contributed by atoms with Crippen LogP contribution in [0.2, 0.25) is 0 Å². The molecule has 3 nitrogen and oxygen atoms in total. The molecule has 1 saturated heterocycles. The molecule has 1 aliphatic rings. The standard InChI is InChI=1S/C10H22N2O/c13-10-6-11-5-4-9-12-7-2-1-3-8-12/h11,13H,1-10H2. The number of likely N-dealkylation sites (tertiary alicyclic amines) is 1. The van der Waals surface area contributed by atoms with Crippen LogP contribution in [-0.4, -0.2) is 49.3 Å². The lowest BCUT2D eigenvalue weighted by atomic mass is 10.1. The number of nitrogens with zero attached hydrogens (tertiary/aromatic N) is 1. The first-order chi connectivity index (χ1) is 6.43. The van der Waals surface area contributed by atoms with Crippen molar-refractivity contribution in [3.63, 3.8) is 0 Å². The van der Waals surface area contributed by atoms with Crippen LogP contribution in [0, 0.1) is 0 Å². The van der Waals surface area contributed by atoms with Crippen molar-refractivity contribution < 1.29 is 5.11 Å². The average Bonchev–Trinajstić information content (AvgIpc) is 2.19. The molecule has 3 heteroatoms. The summed E-state index contributed by atoms with van der Waals surface area (Å²) in [6.07, 6.45) is 5.38. The molecule has 2 N–H and O–H groups in total. The van der Waals surface area contributed by atoms with Gasteiger partial charge in [0.25, 0.3) is 0 Å². The molecule has 78 valence electrons. The molecule has 0 aromatic carbocycles. The monoisotopic (exact) mass is 186 g/mol. The molecule has 0 aromatic heterocycles. The number of piperidine rings is 1. The van der Waals surface area contributed by atoms with Crippen molar-refractivity contribution >= 4 is 0 Å². The highest BCUT2D eigenvalue weighted by atomic mass is 16.3. The van der Waals surface area contributed by atoms with Gasteiger partial charge in [-0.15, -0.1) is 0 Å². The van der Waals surface area contributed by atoms with Crippen molar-refractivity contribution in [1.82, 2.24) is 10.2 Å². The van der Waals surface area contributed by atoms with Crippen molar-refractivity contribution in [2.75, 3.05) is 39.3 Å². The highest BCUT2D eigenvalue weighted by molar-refractivity contribution is 4.64. The summed E-state index contributed by atoms with van der Waals surface area (Å²) in [5, 5.41) is 11.7. The predicted octanol–water partition coefficient (Wildman–Crippen LogP) is 0.444. The average molecular weight is 186 g/mol. The minimum atomic E-state index is 0.254. The third-order valence-corrected chi connectivity index (χ3v) is 2.57. The van der Waals surface area contributed by atoms with E-state index in [0.29, 0.717) is 0 Å². The van der Waals surface area contributed by atoms with Crippen LogP contribution < -0.4 is 5.32 Å². The van der Waals surface area contributed by atoms with Gasteiger partial charge in [-0.2, -0.15) is 0 Å². The van der Waals surface area contributed by atoms with Crippen LogP contribution in [0.15, 0.2) is 0 Å². The molecule has 0 unspecified atom stereocenters. The summed E-state index contributed by atoms with van der Waals surface area (Å²) in [5.41, 5.74) is 0. The minimum absolute atomic E-state index is 0.254. The quantitative estimate of drug-likeness (QED) is 0.591. The molecule has 13 heavy (non-hydrogen) atoms. The van der Waals surface area contributed by atoms with Gasteiger partial charge in [0.1, 0.15) is 0 Å². The number of rotatable bonds is 6. The minimum Gasteiger partial charge on any atom is -0.395 e. The summed E-state index contributed by atoms with van der Waals surface area (Å²) in [4.78, 5) is 2.55. The summed E-state index contributed by atoms with van der Waals surface area (Å²) < 4.78 is 0. The molecule has 1 rings (SSSR count). The van der Waals surface area contributed by atoms with E-state index in [-0.39, 0.29) is 6.61 Å². The lowest BCUT2D eigenvalue weighted by molar-refractivity contribution is 0.224. The van der Waals surface area contributed by atoms with Crippen molar-refractivity contribution in [3.8, 4) is 0 Å². The second kappa shape index (κ2) is 7.30. The zero-order chi connectivity index (χ0) is 9.36. The topological polar surface area (TPSA) is 35.5 Å². The molecule has 0 aromatic rings. The summed E-state index contributed by atoms with van der Waals surface area (Å²) in [7, 11) is 0. The zero-order valence-corrected chi connectivity index (χ0v) is 8.47. The van der Waals surface area contributed by atoms with Crippen molar-refractivity contribution in [3.05, 3.63) is 0 Å². The third-order valence-electron chi connectivity index (χ3n) is 2.57. The SMILES string of the molecule is OCCNCCCN1CCCCC1. The highest BCUT2D eigenvalue weighted by Gasteiger charge is 2.08. The van der Waals surface area contributed by atoms with Gasteiger partial charge in [-0.1, -0.05) is 6.42 Å². The van der Waals surface area contributed by atoms with Gasteiger partial charge < -0.3 is 15.3 Å². The fourth-order valence-electron chi connectivity index (χ4n) is 1.81. The van der Waals surface area contributed by atoms with Gasteiger partial charge in [0, 0.05) is 6.54 Å². The summed E-state index contributed by atoms with van der Waals surface area (Å²) in [6, 6.07) is 0. The molecule has 0 saturated carbocycles. The molecule has 0 bridgehead atoms. The van der Waals surface area contributed by atoms with Crippen molar-refractivity contribution in [1.29, 1.82) is 0 Å². The fourth-order valence-corrected chi connectivity index (χ4v) is 1.81. The number of aliphatic hydroxyl groups excluding tert-OH is 1. The van der Waals surface area contributed by atoms with E-state index in [0.717, 1.165) is 13.1 Å². The molecule has 0 radical (unpaired) electrons. The zero-order valence-electron chi connectivity index (χ0n) is 8.47. The molecule has 0 amide bonds. The smallest absolute Gasteiger partial charge is 0.0555 e. The van der Waals surface area contributed by atoms with Crippen LogP contribution in [0.4, 0.5) is 0 Å². The largest absolute Gasteiger partial charge is 0.395 e. The Balaban J connectivity index is 1.86. The van der Waals surface area contributed by atoms with Crippen LogP contribution >= 0.6 is 0 Å². The van der Waals surface area contributed by atoms with E-state index in [4.69, 9.17) is 5.11 Å². The number of nitrogens with one attached hydrogen (secondary N) is 1. The molecule has 1 fully saturated rings. The summed E-state index contributed by atoms with van der Waals surface area (Å²) in [6.45, 7) is 5.83. The van der Waals surface area contributed by atoms with E-state index in [1.807, 2.05) is 0 Å². The Labute approximate surface area is 81.1 Å². The lowest BCUT2D eigenvalue weighted by Crippen LogP contribution is -2.32. The van der Waals surface area contributed by atoms with Gasteiger partial charge in [-0.05, 0) is 45.4 Å². The Morgan fingerprint density at radius 2 is 1.85 bits per heavy atom. The Kier molecular flexibility index (Phi) is 6.15. The van der Waals surface area contributed by atoms with Crippen LogP contribution in [-0.2, 0) is 0 Å². The first-order valence-corrected chi connectivity index (χ1v) is 5.47. The number of aliphatic hydroxyl groups is 1. The first-order valence-electron chi connectivity index (χ1n) is 5.47. The van der Waals surface area contributed by atoms with Crippen LogP contribution in [0.3, 0.4) is 0 Å². The normalized spacial score (nSPS) is 19.2. The van der Waals surface area contributed by atoms with E-state index in [1.165, 1.54) is 45.3 Å². The highest BCUT2D eigenvalue weighted by Crippen LogP contribution is 2.08. The Morgan fingerprint density at radius 1 is 1.08 bits per heavy atom. The molecule has 1 aliphatic heterocycles. The van der Waals surface area contributed by atoms with Gasteiger partial charge >= 0.3 is 0 Å². The van der Waals surface area contributed by atoms with Gasteiger partial charge in [-0.3, -0.25) is 0 Å². The Bertz CT molecular complexity index is 113. The summed E-state index contributed by atoms with van der Waals surface area (Å²) >= 11 is 0. The first kappa shape index (κ1) is 11.0. The van der Waals surface area contributed by atoms with Crippen LogP contribution in [0.25, 0.3) is 0 Å². The maximum Gasteiger partial charge on any atom is 0.0555 e. The van der Waals surface area contributed by atoms with Gasteiger partial charge in [0.05, 0.1) is 6.61 Å². The number of hydrogen-bond acceptors (Lipinski definition) is 3. The summed E-state index contributed by atoms with van der Waals surface area (Å²) in [5.74, 6) is 0. The second-order valence-corrected chi connectivity index (χ2v) is 3.73. The molecular formula is C10H22N2O. The second-order valence-electron chi connectivity index (χ2n) is 3.73. The van der Waals surface area contributed by atoms with E-state index in [9.17, 15) is 0 Å². The lowest BCUT2D eigenvalue weighted by Gasteiger charge is -2.26. The van der Waals surface area contributed by atoms with Gasteiger partial charge in [-0.25, -0.2) is 0 Å². The Morgan fingerprint density at radius 3 is 2.54 bits per heavy atom.